The summed E-state index contributed by atoms with van der Waals surface area (Å²) in [4.78, 5) is 0. The van der Waals surface area contributed by atoms with E-state index in [-0.39, 0.29) is 0 Å². The smallest absolute Gasteiger partial charge is 0.146 e. The Morgan fingerprint density at radius 3 is 2.67 bits per heavy atom. The van der Waals surface area contributed by atoms with Crippen molar-refractivity contribution in [3.05, 3.63) is 23.3 Å². The molecule has 170 valence electrons. The van der Waals surface area contributed by atoms with Crippen molar-refractivity contribution in [3.63, 3.8) is 0 Å². The van der Waals surface area contributed by atoms with E-state index in [1.807, 2.05) is 0 Å². The van der Waals surface area contributed by atoms with E-state index in [1.165, 1.54) is 44.9 Å². The molecule has 0 aromatic carbocycles. The lowest BCUT2D eigenvalue weighted by molar-refractivity contribution is -0.131. The average molecular weight is 417 g/mol. The minimum atomic E-state index is 0.296. The van der Waals surface area contributed by atoms with Crippen LogP contribution in [-0.4, -0.2) is 33.2 Å². The molecule has 0 amide bonds. The monoisotopic (exact) mass is 416 g/mol. The van der Waals surface area contributed by atoms with Crippen LogP contribution < -0.4 is 0 Å². The topological polar surface area (TPSA) is 27.7 Å². The fraction of sp³-hybridized carbons (Fsp3) is 0.852. The third-order valence-electron chi connectivity index (χ3n) is 9.20. The summed E-state index contributed by atoms with van der Waals surface area (Å²) in [6.45, 7) is 11.8. The van der Waals surface area contributed by atoms with Gasteiger partial charge < -0.3 is 14.2 Å². The van der Waals surface area contributed by atoms with Crippen molar-refractivity contribution in [2.45, 2.75) is 85.2 Å². The van der Waals surface area contributed by atoms with E-state index in [2.05, 4.69) is 39.8 Å². The molecule has 0 spiro atoms. The molecule has 3 saturated carbocycles. The Balaban J connectivity index is 1.40. The number of hydrogen-bond acceptors (Lipinski definition) is 3. The highest BCUT2D eigenvalue weighted by molar-refractivity contribution is 5.43. The predicted molar refractivity (Wildman–Crippen MR) is 122 cm³/mol. The summed E-state index contributed by atoms with van der Waals surface area (Å²) in [6.07, 6.45) is 15.7. The van der Waals surface area contributed by atoms with Crippen LogP contribution in [0.2, 0.25) is 0 Å². The van der Waals surface area contributed by atoms with Gasteiger partial charge in [-0.15, -0.1) is 0 Å². The first-order chi connectivity index (χ1) is 14.4. The summed E-state index contributed by atoms with van der Waals surface area (Å²) in [6, 6.07) is 0. The lowest BCUT2D eigenvalue weighted by Gasteiger charge is -2.59. The van der Waals surface area contributed by atoms with Gasteiger partial charge in [-0.2, -0.15) is 0 Å². The van der Waals surface area contributed by atoms with Crippen LogP contribution in [-0.2, 0) is 14.2 Å². The molecule has 4 unspecified atom stereocenters. The Bertz CT molecular complexity index is 665. The van der Waals surface area contributed by atoms with Crippen molar-refractivity contribution < 1.29 is 14.2 Å². The van der Waals surface area contributed by atoms with Crippen LogP contribution in [0, 0.1) is 34.5 Å². The van der Waals surface area contributed by atoms with Crippen LogP contribution in [0.1, 0.15) is 79.1 Å². The van der Waals surface area contributed by atoms with E-state index in [1.54, 1.807) is 18.3 Å². The molecule has 0 aromatic heterocycles. The summed E-state index contributed by atoms with van der Waals surface area (Å²) in [5.41, 5.74) is 4.17. The number of fused-ring (bicyclic) bond motifs is 5. The molecule has 3 heteroatoms. The lowest BCUT2D eigenvalue weighted by atomic mass is 9.46. The van der Waals surface area contributed by atoms with Crippen LogP contribution >= 0.6 is 0 Å². The molecule has 4 rings (SSSR count). The Labute approximate surface area is 184 Å². The van der Waals surface area contributed by atoms with Crippen molar-refractivity contribution in [2.75, 3.05) is 27.1 Å². The number of methoxy groups -OCH3 is 1. The first-order valence-electron chi connectivity index (χ1n) is 12.5. The maximum absolute atomic E-state index is 5.97. The summed E-state index contributed by atoms with van der Waals surface area (Å²) >= 11 is 0. The van der Waals surface area contributed by atoms with Crippen LogP contribution in [0.4, 0.5) is 0 Å². The van der Waals surface area contributed by atoms with Gasteiger partial charge in [-0.25, -0.2) is 0 Å². The summed E-state index contributed by atoms with van der Waals surface area (Å²) < 4.78 is 17.1. The van der Waals surface area contributed by atoms with Gasteiger partial charge in [0.05, 0.1) is 12.7 Å². The lowest BCUT2D eigenvalue weighted by Crippen LogP contribution is -2.51. The SMILES string of the molecule is COCOC1CC[C@]2(C)C(CCC3C4=CC=C(CCOCC(C)C)[C@@]4(C)CCC32)C1. The molecular weight excluding hydrogens is 372 g/mol. The zero-order valence-corrected chi connectivity index (χ0v) is 20.0. The fourth-order valence-corrected chi connectivity index (χ4v) is 7.46. The molecule has 0 aliphatic heterocycles. The molecule has 3 fully saturated rings. The third kappa shape index (κ3) is 4.07. The van der Waals surface area contributed by atoms with Gasteiger partial charge >= 0.3 is 0 Å². The standard InChI is InChI=1S/C27H44O3/c1-19(2)17-29-15-12-20-7-9-24-23-8-6-21-16-22(30-18-28-5)10-13-27(21,4)25(23)11-14-26(20,24)3/h7,9,19,21-23,25H,6,8,10-18H2,1-5H3/t21?,22?,23?,25?,26-,27-/m1/s1. The highest BCUT2D eigenvalue weighted by Gasteiger charge is 2.56. The maximum Gasteiger partial charge on any atom is 0.146 e. The molecule has 0 radical (unpaired) electrons. The molecule has 6 atom stereocenters. The van der Waals surface area contributed by atoms with E-state index in [4.69, 9.17) is 14.2 Å². The minimum Gasteiger partial charge on any atom is -0.381 e. The van der Waals surface area contributed by atoms with Gasteiger partial charge in [-0.05, 0) is 80.5 Å². The fourth-order valence-electron chi connectivity index (χ4n) is 7.46. The van der Waals surface area contributed by atoms with Crippen LogP contribution in [0.3, 0.4) is 0 Å². The molecule has 0 saturated heterocycles. The van der Waals surface area contributed by atoms with E-state index < -0.39 is 0 Å². The number of hydrogen-bond donors (Lipinski definition) is 0. The first-order valence-corrected chi connectivity index (χ1v) is 12.5. The van der Waals surface area contributed by atoms with E-state index in [9.17, 15) is 0 Å². The van der Waals surface area contributed by atoms with Crippen molar-refractivity contribution in [3.8, 4) is 0 Å². The third-order valence-corrected chi connectivity index (χ3v) is 9.20. The number of rotatable bonds is 8. The van der Waals surface area contributed by atoms with Crippen LogP contribution in [0.15, 0.2) is 23.3 Å². The van der Waals surface area contributed by atoms with Crippen molar-refractivity contribution in [2.24, 2.45) is 34.5 Å². The highest BCUT2D eigenvalue weighted by Crippen LogP contribution is 2.65. The van der Waals surface area contributed by atoms with E-state index >= 15 is 0 Å². The van der Waals surface area contributed by atoms with Crippen molar-refractivity contribution in [1.82, 2.24) is 0 Å². The Kier molecular flexibility index (Phi) is 6.82. The normalized spacial score (nSPS) is 40.5. The Morgan fingerprint density at radius 1 is 1.07 bits per heavy atom. The largest absolute Gasteiger partial charge is 0.381 e. The van der Waals surface area contributed by atoms with Crippen molar-refractivity contribution in [1.29, 1.82) is 0 Å². The van der Waals surface area contributed by atoms with Gasteiger partial charge in [0.15, 0.2) is 0 Å². The average Bonchev–Trinajstić information content (AvgIpc) is 3.05. The van der Waals surface area contributed by atoms with Crippen LogP contribution in [0.5, 0.6) is 0 Å². The number of ether oxygens (including phenoxy) is 3. The van der Waals surface area contributed by atoms with Gasteiger partial charge in [0.25, 0.3) is 0 Å². The summed E-state index contributed by atoms with van der Waals surface area (Å²) in [5.74, 6) is 3.07. The van der Waals surface area contributed by atoms with Crippen LogP contribution in [0.25, 0.3) is 0 Å². The van der Waals surface area contributed by atoms with Gasteiger partial charge in [0.1, 0.15) is 6.79 Å². The molecule has 4 aliphatic rings. The molecule has 3 nitrogen and oxygen atoms in total. The second-order valence-corrected chi connectivity index (χ2v) is 11.4. The van der Waals surface area contributed by atoms with Gasteiger partial charge in [0, 0.05) is 19.1 Å². The predicted octanol–water partition coefficient (Wildman–Crippen LogP) is 6.54. The van der Waals surface area contributed by atoms with Gasteiger partial charge in [-0.3, -0.25) is 0 Å². The molecule has 0 N–H and O–H groups in total. The first kappa shape index (κ1) is 22.6. The quantitative estimate of drug-likeness (QED) is 0.332. The van der Waals surface area contributed by atoms with E-state index in [0.29, 0.717) is 29.6 Å². The molecule has 0 bridgehead atoms. The van der Waals surface area contributed by atoms with Gasteiger partial charge in [0.2, 0.25) is 0 Å². The Morgan fingerprint density at radius 2 is 1.90 bits per heavy atom. The molecule has 0 aromatic rings. The molecular formula is C27H44O3. The Hall–Kier alpha value is -0.640. The van der Waals surface area contributed by atoms with E-state index in [0.717, 1.165) is 37.4 Å². The zero-order chi connectivity index (χ0) is 21.4. The number of allylic oxidation sites excluding steroid dienone is 3. The summed E-state index contributed by atoms with van der Waals surface area (Å²) in [5, 5.41) is 0. The maximum atomic E-state index is 5.97. The zero-order valence-electron chi connectivity index (χ0n) is 20.0. The highest BCUT2D eigenvalue weighted by atomic mass is 16.7. The second kappa shape index (κ2) is 9.08. The second-order valence-electron chi connectivity index (χ2n) is 11.4. The summed E-state index contributed by atoms with van der Waals surface area (Å²) in [7, 11) is 1.73. The minimum absolute atomic E-state index is 0.296. The molecule has 4 aliphatic carbocycles. The van der Waals surface area contributed by atoms with Gasteiger partial charge in [-0.1, -0.05) is 51.0 Å². The molecule has 0 heterocycles. The van der Waals surface area contributed by atoms with Crippen molar-refractivity contribution >= 4 is 0 Å². The molecule has 30 heavy (non-hydrogen) atoms.